The van der Waals surface area contributed by atoms with E-state index in [9.17, 15) is 33.9 Å². The zero-order chi connectivity index (χ0) is 40.7. The lowest BCUT2D eigenvalue weighted by Gasteiger charge is -2.33. The third kappa shape index (κ3) is 13.4. The molecule has 2 heterocycles. The second-order valence-corrected chi connectivity index (χ2v) is 14.1. The first-order valence-corrected chi connectivity index (χ1v) is 18.8. The van der Waals surface area contributed by atoms with Crippen LogP contribution in [-0.4, -0.2) is 119 Å². The van der Waals surface area contributed by atoms with Gasteiger partial charge in [0.05, 0.1) is 6.10 Å². The van der Waals surface area contributed by atoms with Crippen molar-refractivity contribution in [2.45, 2.75) is 114 Å². The number of fused-ring (bicyclic) bond motifs is 1. The highest BCUT2D eigenvalue weighted by atomic mass is 16.3. The van der Waals surface area contributed by atoms with Crippen molar-refractivity contribution in [2.24, 2.45) is 38.8 Å². The van der Waals surface area contributed by atoms with Gasteiger partial charge in [-0.05, 0) is 56.9 Å². The van der Waals surface area contributed by atoms with Crippen molar-refractivity contribution in [1.82, 2.24) is 31.5 Å². The summed E-state index contributed by atoms with van der Waals surface area (Å²) in [5.41, 5.74) is 22.7. The summed E-state index contributed by atoms with van der Waals surface area (Å²) in [4.78, 5) is 93.3. The predicted molar refractivity (Wildman–Crippen MR) is 205 cm³/mol. The van der Waals surface area contributed by atoms with Crippen molar-refractivity contribution in [2.75, 3.05) is 19.6 Å². The first kappa shape index (κ1) is 43.9. The van der Waals surface area contributed by atoms with Crippen molar-refractivity contribution >= 4 is 47.4 Å². The summed E-state index contributed by atoms with van der Waals surface area (Å²) < 4.78 is 0. The number of aliphatic hydroxyl groups is 1. The lowest BCUT2D eigenvalue weighted by molar-refractivity contribution is -0.143. The molecule has 6 amide bonds. The molecule has 304 valence electrons. The Labute approximate surface area is 321 Å². The number of hydrogen-bond donors (Lipinski definition) is 10. The largest absolute Gasteiger partial charge is 0.391 e. The van der Waals surface area contributed by atoms with Gasteiger partial charge in [0.2, 0.25) is 35.4 Å². The van der Waals surface area contributed by atoms with Crippen LogP contribution in [0.15, 0.2) is 40.3 Å². The topological polar surface area (TPSA) is 315 Å². The molecule has 3 rings (SSSR count). The lowest BCUT2D eigenvalue weighted by Crippen LogP contribution is -2.63. The van der Waals surface area contributed by atoms with Crippen LogP contribution < -0.4 is 49.5 Å². The highest BCUT2D eigenvalue weighted by Crippen LogP contribution is 2.21. The van der Waals surface area contributed by atoms with E-state index in [0.29, 0.717) is 12.8 Å². The zero-order valence-electron chi connectivity index (χ0n) is 31.8. The van der Waals surface area contributed by atoms with E-state index in [2.05, 4.69) is 36.6 Å². The van der Waals surface area contributed by atoms with Gasteiger partial charge in [0.15, 0.2) is 11.9 Å². The van der Waals surface area contributed by atoms with Gasteiger partial charge in [0, 0.05) is 26.1 Å². The second-order valence-electron chi connectivity index (χ2n) is 14.1. The van der Waals surface area contributed by atoms with Crippen LogP contribution in [0.2, 0.25) is 0 Å². The first-order chi connectivity index (χ1) is 26.1. The Morgan fingerprint density at radius 2 is 1.25 bits per heavy atom. The van der Waals surface area contributed by atoms with Crippen LogP contribution in [0, 0.1) is 5.92 Å². The van der Waals surface area contributed by atoms with E-state index in [1.165, 1.54) is 11.8 Å². The maximum absolute atomic E-state index is 14.3. The molecule has 0 unspecified atom stereocenters. The van der Waals surface area contributed by atoms with Gasteiger partial charge in [-0.3, -0.25) is 38.8 Å². The Hall–Kier alpha value is -5.46. The fourth-order valence-electron chi connectivity index (χ4n) is 6.50. The van der Waals surface area contributed by atoms with Crippen molar-refractivity contribution in [1.29, 1.82) is 0 Å². The average molecular weight is 771 g/mol. The molecule has 8 atom stereocenters. The Morgan fingerprint density at radius 1 is 0.745 bits per heavy atom. The zero-order valence-corrected chi connectivity index (χ0v) is 31.8. The van der Waals surface area contributed by atoms with Gasteiger partial charge >= 0.3 is 0 Å². The standard InChI is InChI=1S/C36H58N12O7/c1-4-20(2)27-32(53)44-24(14-9-17-42-36(39)40)29(50)43-23(13-8-16-41-35(37)38)30(51)45-25(19-22-11-6-5-7-12-22)34(55)48-18-10-15-26(48)31(52)47-28(21(3)49)33(54)46-27/h5-7,11-12,20-21,23-28,49H,4,8-10,13-19H2,1-3H3,(H,43,50)(H,44,53)(H,45,51)(H,46,54)(H,47,52)(H4,37,38,41)(H4,39,40,42)/t20-,21+,23-,24+,25-,26+,27-,28-/m0/s1. The van der Waals surface area contributed by atoms with Gasteiger partial charge in [-0.1, -0.05) is 50.6 Å². The Kier molecular flexibility index (Phi) is 17.1. The number of nitrogens with two attached hydrogens (primary N) is 4. The van der Waals surface area contributed by atoms with E-state index in [1.807, 2.05) is 13.0 Å². The smallest absolute Gasteiger partial charge is 0.246 e. The van der Waals surface area contributed by atoms with Crippen molar-refractivity contribution < 1.29 is 33.9 Å². The minimum Gasteiger partial charge on any atom is -0.391 e. The first-order valence-electron chi connectivity index (χ1n) is 18.8. The van der Waals surface area contributed by atoms with Gasteiger partial charge in [0.1, 0.15) is 36.3 Å². The van der Waals surface area contributed by atoms with E-state index in [1.54, 1.807) is 31.2 Å². The van der Waals surface area contributed by atoms with Crippen LogP contribution >= 0.6 is 0 Å². The third-order valence-electron chi connectivity index (χ3n) is 9.75. The molecule has 14 N–H and O–H groups in total. The van der Waals surface area contributed by atoms with Crippen LogP contribution in [0.25, 0.3) is 0 Å². The predicted octanol–water partition coefficient (Wildman–Crippen LogP) is -2.81. The van der Waals surface area contributed by atoms with E-state index in [4.69, 9.17) is 22.9 Å². The fraction of sp³-hybridized carbons (Fsp3) is 0.611. The monoisotopic (exact) mass is 770 g/mol. The number of aliphatic hydroxyl groups excluding tert-OH is 1. The van der Waals surface area contributed by atoms with Crippen LogP contribution in [0.4, 0.5) is 0 Å². The van der Waals surface area contributed by atoms with Crippen molar-refractivity contribution in [3.8, 4) is 0 Å². The molecule has 0 aromatic heterocycles. The van der Waals surface area contributed by atoms with E-state index < -0.39 is 83.7 Å². The molecule has 2 saturated heterocycles. The number of aliphatic imine (C=N–C) groups is 2. The molecule has 0 saturated carbocycles. The highest BCUT2D eigenvalue weighted by Gasteiger charge is 2.41. The molecule has 0 bridgehead atoms. The number of amides is 6. The molecule has 19 heteroatoms. The molecule has 55 heavy (non-hydrogen) atoms. The summed E-state index contributed by atoms with van der Waals surface area (Å²) in [6, 6.07) is 1.68. The molecule has 2 aliphatic heterocycles. The number of nitrogens with zero attached hydrogens (tertiary/aromatic N) is 3. The van der Waals surface area contributed by atoms with Gasteiger partial charge in [-0.25, -0.2) is 0 Å². The van der Waals surface area contributed by atoms with E-state index in [0.717, 1.165) is 5.56 Å². The second kappa shape index (κ2) is 21.4. The third-order valence-corrected chi connectivity index (χ3v) is 9.75. The molecular formula is C36H58N12O7. The van der Waals surface area contributed by atoms with E-state index in [-0.39, 0.29) is 70.1 Å². The molecule has 19 nitrogen and oxygen atoms in total. The quantitative estimate of drug-likeness (QED) is 0.0555. The number of carbonyl (C=O) groups is 6. The molecular weight excluding hydrogens is 712 g/mol. The number of carbonyl (C=O) groups excluding carboxylic acids is 6. The number of rotatable bonds is 13. The van der Waals surface area contributed by atoms with Gasteiger partial charge in [-0.2, -0.15) is 0 Å². The van der Waals surface area contributed by atoms with Crippen LogP contribution in [-0.2, 0) is 35.2 Å². The van der Waals surface area contributed by atoms with Gasteiger partial charge < -0.3 is 59.5 Å². The molecule has 0 spiro atoms. The molecule has 1 aromatic carbocycles. The molecule has 2 aliphatic rings. The number of benzene rings is 1. The Bertz CT molecular complexity index is 1550. The number of nitrogens with one attached hydrogen (secondary N) is 5. The molecule has 0 aliphatic carbocycles. The molecule has 1 aromatic rings. The van der Waals surface area contributed by atoms with Crippen molar-refractivity contribution in [3.63, 3.8) is 0 Å². The van der Waals surface area contributed by atoms with Crippen LogP contribution in [0.5, 0.6) is 0 Å². The molecule has 2 fully saturated rings. The molecule has 0 radical (unpaired) electrons. The number of hydrogen-bond acceptors (Lipinski definition) is 9. The minimum absolute atomic E-state index is 0.0374. The SMILES string of the molecule is CC[C@H](C)[C@@H]1NC(=O)[C@H]([C@@H](C)O)NC(=O)[C@H]2CCCN2C(=O)[C@H](Cc2ccccc2)NC(=O)[C@H](CCCN=C(N)N)NC(=O)[C@@H](CCCN=C(N)N)NC1=O. The summed E-state index contributed by atoms with van der Waals surface area (Å²) in [5.74, 6) is -4.90. The summed E-state index contributed by atoms with van der Waals surface area (Å²) in [5, 5.41) is 24.2. The fourth-order valence-corrected chi connectivity index (χ4v) is 6.50. The van der Waals surface area contributed by atoms with Crippen molar-refractivity contribution in [3.05, 3.63) is 35.9 Å². The minimum atomic E-state index is -1.48. The number of guanidine groups is 2. The summed E-state index contributed by atoms with van der Waals surface area (Å²) in [6.07, 6.45) is 0.441. The normalized spacial score (nSPS) is 25.4. The Balaban J connectivity index is 2.11. The summed E-state index contributed by atoms with van der Waals surface area (Å²) in [6.45, 7) is 5.33. The van der Waals surface area contributed by atoms with E-state index >= 15 is 0 Å². The van der Waals surface area contributed by atoms with Crippen LogP contribution in [0.1, 0.15) is 71.3 Å². The maximum Gasteiger partial charge on any atom is 0.246 e. The summed E-state index contributed by atoms with van der Waals surface area (Å²) in [7, 11) is 0. The van der Waals surface area contributed by atoms with Gasteiger partial charge in [0.25, 0.3) is 0 Å². The Morgan fingerprint density at radius 3 is 1.78 bits per heavy atom. The highest BCUT2D eigenvalue weighted by molar-refractivity contribution is 5.98. The lowest BCUT2D eigenvalue weighted by atomic mass is 9.96. The van der Waals surface area contributed by atoms with Crippen LogP contribution in [0.3, 0.4) is 0 Å². The van der Waals surface area contributed by atoms with Gasteiger partial charge in [-0.15, -0.1) is 0 Å². The summed E-state index contributed by atoms with van der Waals surface area (Å²) >= 11 is 0. The average Bonchev–Trinajstić information content (AvgIpc) is 3.64. The maximum atomic E-state index is 14.3.